The number of ether oxygens (including phenoxy) is 1. The van der Waals surface area contributed by atoms with Crippen molar-refractivity contribution in [3.63, 3.8) is 0 Å². The molecule has 0 aliphatic rings. The lowest BCUT2D eigenvalue weighted by Gasteiger charge is -2.18. The number of hydrogen-bond donors (Lipinski definition) is 2. The Morgan fingerprint density at radius 1 is 1.19 bits per heavy atom. The lowest BCUT2D eigenvalue weighted by atomic mass is 10.1. The number of nitrogens with one attached hydrogen (secondary N) is 1. The van der Waals surface area contributed by atoms with Crippen molar-refractivity contribution in [3.8, 4) is 11.5 Å². The minimum absolute atomic E-state index is 0.0389. The monoisotopic (exact) mass is 491 g/mol. The summed E-state index contributed by atoms with van der Waals surface area (Å²) in [6.07, 6.45) is 6.29. The topological polar surface area (TPSA) is 112 Å². The Morgan fingerprint density at radius 2 is 1.94 bits per heavy atom. The number of amides is 2. The van der Waals surface area contributed by atoms with Gasteiger partial charge < -0.3 is 15.8 Å². The first-order valence-corrected chi connectivity index (χ1v) is 11.4. The summed E-state index contributed by atoms with van der Waals surface area (Å²) in [6.45, 7) is 9.72. The van der Waals surface area contributed by atoms with E-state index in [-0.39, 0.29) is 11.4 Å². The van der Waals surface area contributed by atoms with Crippen LogP contribution in [0.5, 0.6) is 11.5 Å². The third-order valence-electron chi connectivity index (χ3n) is 5.50. The molecule has 2 heterocycles. The van der Waals surface area contributed by atoms with E-state index in [1.54, 1.807) is 66.6 Å². The van der Waals surface area contributed by atoms with Crippen LogP contribution in [-0.2, 0) is 16.8 Å². The molecule has 0 atom stereocenters. The number of hydrogen-bond acceptors (Lipinski definition) is 5. The molecule has 8 nitrogen and oxygen atoms in total. The number of benzene rings is 2. The maximum Gasteiger partial charge on any atom is 0.248 e. The van der Waals surface area contributed by atoms with E-state index in [2.05, 4.69) is 15.4 Å². The van der Waals surface area contributed by atoms with Crippen LogP contribution in [-0.4, -0.2) is 27.1 Å². The van der Waals surface area contributed by atoms with Crippen molar-refractivity contribution < 1.29 is 18.7 Å². The van der Waals surface area contributed by atoms with E-state index in [4.69, 9.17) is 10.5 Å². The van der Waals surface area contributed by atoms with Crippen molar-refractivity contribution in [2.45, 2.75) is 46.6 Å². The number of halogens is 1. The summed E-state index contributed by atoms with van der Waals surface area (Å²) >= 11 is 0. The van der Waals surface area contributed by atoms with Gasteiger partial charge in [0.05, 0.1) is 22.9 Å². The van der Waals surface area contributed by atoms with Gasteiger partial charge in [0.2, 0.25) is 12.3 Å². The fraction of sp³-hybridized carbons (Fsp3) is 0.259. The molecule has 0 aliphatic heterocycles. The van der Waals surface area contributed by atoms with E-state index >= 15 is 0 Å². The van der Waals surface area contributed by atoms with Crippen molar-refractivity contribution in [3.05, 3.63) is 77.5 Å². The van der Waals surface area contributed by atoms with Gasteiger partial charge in [-0.3, -0.25) is 19.3 Å². The molecule has 2 amide bonds. The maximum atomic E-state index is 14.3. The third-order valence-corrected chi connectivity index (χ3v) is 5.50. The van der Waals surface area contributed by atoms with Gasteiger partial charge in [-0.15, -0.1) is 0 Å². The Hall–Kier alpha value is -4.27. The van der Waals surface area contributed by atoms with Crippen LogP contribution >= 0.6 is 0 Å². The number of carbonyl (C=O) groups is 2. The van der Waals surface area contributed by atoms with E-state index < -0.39 is 5.91 Å². The van der Waals surface area contributed by atoms with Crippen LogP contribution in [0.25, 0.3) is 10.9 Å². The van der Waals surface area contributed by atoms with E-state index in [0.29, 0.717) is 51.9 Å². The normalized spacial score (nSPS) is 10.9. The highest BCUT2D eigenvalue weighted by atomic mass is 19.1. The minimum atomic E-state index is -0.527. The summed E-state index contributed by atoms with van der Waals surface area (Å²) in [5, 5.41) is 7.28. The molecule has 9 heteroatoms. The molecule has 2 aromatic carbocycles. The van der Waals surface area contributed by atoms with Crippen LogP contribution in [0.4, 0.5) is 10.1 Å². The van der Waals surface area contributed by atoms with E-state index in [1.807, 2.05) is 27.7 Å². The van der Waals surface area contributed by atoms with Gasteiger partial charge in [0.25, 0.3) is 0 Å². The van der Waals surface area contributed by atoms with Gasteiger partial charge in [0.15, 0.2) is 0 Å². The Morgan fingerprint density at radius 3 is 2.56 bits per heavy atom. The molecule has 188 valence electrons. The average molecular weight is 492 g/mol. The van der Waals surface area contributed by atoms with Crippen LogP contribution in [0.15, 0.2) is 55.0 Å². The smallest absolute Gasteiger partial charge is 0.248 e. The fourth-order valence-corrected chi connectivity index (χ4v) is 3.42. The number of anilines is 1. The van der Waals surface area contributed by atoms with Gasteiger partial charge >= 0.3 is 0 Å². The molecule has 36 heavy (non-hydrogen) atoms. The largest absolute Gasteiger partial charge is 0.456 e. The standard InChI is InChI=1S/C19H17FN2O2.C8H13N3O/c1-3-12-5-7-16(11(2)18(12)20)24-17-8-9-22-15-6-4-13(19(21)23)10-14(15)17;1-8(2,3)11-5-7(4-10-11)9-6-12/h4-10H,3H2,1-2H3,(H2,21,23);4-6H,1-3H3,(H,9,12). The number of carbonyl (C=O) groups excluding carboxylic acids is 2. The molecule has 0 radical (unpaired) electrons. The van der Waals surface area contributed by atoms with Gasteiger partial charge in [-0.2, -0.15) is 5.10 Å². The van der Waals surface area contributed by atoms with E-state index in [0.717, 1.165) is 5.69 Å². The summed E-state index contributed by atoms with van der Waals surface area (Å²) < 4.78 is 22.0. The van der Waals surface area contributed by atoms with E-state index in [1.165, 1.54) is 0 Å². The highest BCUT2D eigenvalue weighted by molar-refractivity contribution is 5.98. The zero-order chi connectivity index (χ0) is 26.5. The number of nitrogens with zero attached hydrogens (tertiary/aromatic N) is 3. The number of aromatic nitrogens is 3. The highest BCUT2D eigenvalue weighted by Gasteiger charge is 2.14. The van der Waals surface area contributed by atoms with Crippen LogP contribution in [0.1, 0.15) is 49.2 Å². The molecule has 3 N–H and O–H groups in total. The number of aryl methyl sites for hydroxylation is 1. The zero-order valence-corrected chi connectivity index (χ0v) is 21.0. The molecular formula is C27H30FN5O3. The predicted octanol–water partition coefficient (Wildman–Crippen LogP) is 5.34. The Labute approximate surface area is 209 Å². The predicted molar refractivity (Wildman–Crippen MR) is 138 cm³/mol. The first-order chi connectivity index (χ1) is 17.0. The van der Waals surface area contributed by atoms with Crippen LogP contribution < -0.4 is 15.8 Å². The number of primary amides is 1. The van der Waals surface area contributed by atoms with Crippen molar-refractivity contribution in [1.82, 2.24) is 14.8 Å². The Balaban J connectivity index is 0.000000253. The van der Waals surface area contributed by atoms with Crippen LogP contribution in [0.3, 0.4) is 0 Å². The lowest BCUT2D eigenvalue weighted by Crippen LogP contribution is -2.21. The van der Waals surface area contributed by atoms with Gasteiger partial charge in [0.1, 0.15) is 17.3 Å². The molecule has 0 spiro atoms. The molecule has 2 aromatic heterocycles. The highest BCUT2D eigenvalue weighted by Crippen LogP contribution is 2.33. The fourth-order valence-electron chi connectivity index (χ4n) is 3.42. The Bertz CT molecular complexity index is 1390. The van der Waals surface area contributed by atoms with Crippen LogP contribution in [0, 0.1) is 12.7 Å². The first-order valence-electron chi connectivity index (χ1n) is 11.4. The number of nitrogens with two attached hydrogens (primary N) is 1. The third kappa shape index (κ3) is 6.04. The second-order valence-electron chi connectivity index (χ2n) is 9.13. The van der Waals surface area contributed by atoms with Crippen molar-refractivity contribution >= 4 is 28.9 Å². The SMILES string of the molecule is CC(C)(C)n1cc(NC=O)cn1.CCc1ccc(Oc2ccnc3ccc(C(N)=O)cc23)c(C)c1F. The minimum Gasteiger partial charge on any atom is -0.456 e. The quantitative estimate of drug-likeness (QED) is 0.354. The lowest BCUT2D eigenvalue weighted by molar-refractivity contribution is -0.105. The maximum absolute atomic E-state index is 14.3. The molecule has 0 unspecified atom stereocenters. The van der Waals surface area contributed by atoms with Gasteiger partial charge in [-0.1, -0.05) is 13.0 Å². The first kappa shape index (κ1) is 26.3. The summed E-state index contributed by atoms with van der Waals surface area (Å²) in [5.74, 6) is 0.143. The molecule has 0 bridgehead atoms. The average Bonchev–Trinajstić information content (AvgIpc) is 3.32. The van der Waals surface area contributed by atoms with Crippen molar-refractivity contribution in [1.29, 1.82) is 0 Å². The summed E-state index contributed by atoms with van der Waals surface area (Å²) in [5.41, 5.74) is 8.15. The summed E-state index contributed by atoms with van der Waals surface area (Å²) in [4.78, 5) is 25.7. The second kappa shape index (κ2) is 11.0. The number of pyridine rings is 1. The van der Waals surface area contributed by atoms with E-state index in [9.17, 15) is 14.0 Å². The Kier molecular flexibility index (Phi) is 8.03. The van der Waals surface area contributed by atoms with Crippen LogP contribution in [0.2, 0.25) is 0 Å². The second-order valence-corrected chi connectivity index (χ2v) is 9.13. The molecular weight excluding hydrogens is 461 g/mol. The van der Waals surface area contributed by atoms with Gasteiger partial charge in [0, 0.05) is 28.9 Å². The van der Waals surface area contributed by atoms with Gasteiger partial charge in [-0.05, 0) is 70.0 Å². The summed E-state index contributed by atoms with van der Waals surface area (Å²) in [6, 6.07) is 10.1. The van der Waals surface area contributed by atoms with Crippen molar-refractivity contribution in [2.75, 3.05) is 5.32 Å². The number of rotatable bonds is 6. The number of fused-ring (bicyclic) bond motifs is 1. The zero-order valence-electron chi connectivity index (χ0n) is 21.0. The van der Waals surface area contributed by atoms with Gasteiger partial charge in [-0.25, -0.2) is 4.39 Å². The molecule has 0 saturated carbocycles. The van der Waals surface area contributed by atoms with Crippen molar-refractivity contribution in [2.24, 2.45) is 5.73 Å². The summed E-state index contributed by atoms with van der Waals surface area (Å²) in [7, 11) is 0. The molecule has 0 aliphatic carbocycles. The molecule has 0 saturated heterocycles. The molecule has 4 aromatic rings. The molecule has 4 rings (SSSR count). The molecule has 0 fully saturated rings.